The van der Waals surface area contributed by atoms with Gasteiger partial charge in [-0.2, -0.15) is 5.21 Å². The van der Waals surface area contributed by atoms with Crippen molar-refractivity contribution in [3.63, 3.8) is 0 Å². The van der Waals surface area contributed by atoms with Crippen molar-refractivity contribution >= 4 is 5.91 Å². The van der Waals surface area contributed by atoms with Gasteiger partial charge in [0.15, 0.2) is 5.82 Å². The zero-order chi connectivity index (χ0) is 15.2. The molecule has 0 aliphatic heterocycles. The molecular weight excluding hydrogens is 270 g/mol. The molecule has 1 unspecified atom stereocenters. The number of benzene rings is 1. The molecule has 0 aliphatic carbocycles. The summed E-state index contributed by atoms with van der Waals surface area (Å²) >= 11 is 0. The van der Waals surface area contributed by atoms with E-state index >= 15 is 0 Å². The summed E-state index contributed by atoms with van der Waals surface area (Å²) in [5.74, 6) is 1.47. The summed E-state index contributed by atoms with van der Waals surface area (Å²) in [6, 6.07) is 6.72. The first kappa shape index (κ1) is 15.0. The van der Waals surface area contributed by atoms with Gasteiger partial charge in [0, 0.05) is 5.56 Å². The summed E-state index contributed by atoms with van der Waals surface area (Å²) in [6.45, 7) is 6.62. The van der Waals surface area contributed by atoms with Gasteiger partial charge in [0.05, 0.1) is 12.6 Å². The van der Waals surface area contributed by atoms with Crippen molar-refractivity contribution in [1.29, 1.82) is 0 Å². The average Bonchev–Trinajstić information content (AvgIpc) is 3.00. The molecule has 1 aromatic carbocycles. The number of nitrogens with zero attached hydrogens (tertiary/aromatic N) is 3. The van der Waals surface area contributed by atoms with Crippen LogP contribution in [0.25, 0.3) is 0 Å². The van der Waals surface area contributed by atoms with E-state index in [9.17, 15) is 4.79 Å². The van der Waals surface area contributed by atoms with Gasteiger partial charge in [0.2, 0.25) is 0 Å². The lowest BCUT2D eigenvalue weighted by molar-refractivity contribution is 0.0938. The van der Waals surface area contributed by atoms with Crippen molar-refractivity contribution in [2.45, 2.75) is 26.8 Å². The predicted octanol–water partition coefficient (Wildman–Crippen LogP) is 1.73. The van der Waals surface area contributed by atoms with Gasteiger partial charge in [-0.15, -0.1) is 10.2 Å². The van der Waals surface area contributed by atoms with Crippen molar-refractivity contribution in [3.05, 3.63) is 35.7 Å². The number of aromatic nitrogens is 4. The number of hydrogen-bond donors (Lipinski definition) is 2. The maximum Gasteiger partial charge on any atom is 0.251 e. The summed E-state index contributed by atoms with van der Waals surface area (Å²) in [4.78, 5) is 12.1. The van der Waals surface area contributed by atoms with E-state index in [2.05, 4.69) is 39.8 Å². The van der Waals surface area contributed by atoms with E-state index in [-0.39, 0.29) is 11.9 Å². The minimum atomic E-state index is -0.312. The third kappa shape index (κ3) is 4.27. The van der Waals surface area contributed by atoms with Crippen LogP contribution in [-0.4, -0.2) is 33.1 Å². The Kier molecular flexibility index (Phi) is 4.86. The summed E-state index contributed by atoms with van der Waals surface area (Å²) in [5.41, 5.74) is 0.558. The van der Waals surface area contributed by atoms with Crippen LogP contribution in [0.15, 0.2) is 24.3 Å². The van der Waals surface area contributed by atoms with E-state index in [1.165, 1.54) is 0 Å². The minimum Gasteiger partial charge on any atom is -0.493 e. The molecule has 1 aromatic heterocycles. The van der Waals surface area contributed by atoms with Crippen LogP contribution >= 0.6 is 0 Å². The zero-order valence-corrected chi connectivity index (χ0v) is 12.3. The van der Waals surface area contributed by atoms with Crippen LogP contribution in [0.5, 0.6) is 5.75 Å². The van der Waals surface area contributed by atoms with Gasteiger partial charge in [-0.1, -0.05) is 19.1 Å². The highest BCUT2D eigenvalue weighted by Gasteiger charge is 2.14. The molecular formula is C14H19N5O2. The van der Waals surface area contributed by atoms with Crippen molar-refractivity contribution in [3.8, 4) is 5.75 Å². The molecule has 1 atom stereocenters. The van der Waals surface area contributed by atoms with Crippen LogP contribution in [0.2, 0.25) is 0 Å². The van der Waals surface area contributed by atoms with Crippen molar-refractivity contribution in [2.75, 3.05) is 6.61 Å². The van der Waals surface area contributed by atoms with Gasteiger partial charge in [-0.3, -0.25) is 4.79 Å². The molecule has 112 valence electrons. The fourth-order valence-electron chi connectivity index (χ4n) is 1.66. The monoisotopic (exact) mass is 289 g/mol. The maximum atomic E-state index is 12.1. The molecule has 0 bridgehead atoms. The van der Waals surface area contributed by atoms with E-state index in [1.54, 1.807) is 31.2 Å². The third-order valence-corrected chi connectivity index (χ3v) is 2.80. The quantitative estimate of drug-likeness (QED) is 0.844. The molecule has 2 aromatic rings. The number of carbonyl (C=O) groups excluding carboxylic acids is 1. The Morgan fingerprint density at radius 3 is 2.57 bits per heavy atom. The maximum absolute atomic E-state index is 12.1. The second-order valence-corrected chi connectivity index (χ2v) is 5.19. The first-order valence-electron chi connectivity index (χ1n) is 6.83. The Morgan fingerprint density at radius 2 is 2.00 bits per heavy atom. The third-order valence-electron chi connectivity index (χ3n) is 2.80. The molecule has 0 fully saturated rings. The van der Waals surface area contributed by atoms with Crippen LogP contribution in [0.1, 0.15) is 43.0 Å². The van der Waals surface area contributed by atoms with Crippen LogP contribution in [-0.2, 0) is 0 Å². The number of rotatable bonds is 6. The minimum absolute atomic E-state index is 0.192. The zero-order valence-electron chi connectivity index (χ0n) is 12.3. The predicted molar refractivity (Wildman–Crippen MR) is 76.8 cm³/mol. The molecule has 7 nitrogen and oxygen atoms in total. The molecule has 0 aliphatic rings. The topological polar surface area (TPSA) is 92.8 Å². The first-order valence-corrected chi connectivity index (χ1v) is 6.83. The first-order chi connectivity index (χ1) is 10.1. The lowest BCUT2D eigenvalue weighted by Crippen LogP contribution is -2.27. The van der Waals surface area contributed by atoms with Crippen molar-refractivity contribution < 1.29 is 9.53 Å². The normalized spacial score (nSPS) is 12.2. The summed E-state index contributed by atoms with van der Waals surface area (Å²) in [6.07, 6.45) is 0. The van der Waals surface area contributed by atoms with Gasteiger partial charge in [0.25, 0.3) is 5.91 Å². The molecule has 1 amide bonds. The highest BCUT2D eigenvalue weighted by molar-refractivity contribution is 5.94. The van der Waals surface area contributed by atoms with Crippen LogP contribution in [0, 0.1) is 5.92 Å². The smallest absolute Gasteiger partial charge is 0.251 e. The molecule has 2 N–H and O–H groups in total. The molecule has 21 heavy (non-hydrogen) atoms. The molecule has 0 spiro atoms. The van der Waals surface area contributed by atoms with Gasteiger partial charge >= 0.3 is 0 Å². The Morgan fingerprint density at radius 1 is 1.29 bits per heavy atom. The number of carbonyl (C=O) groups is 1. The van der Waals surface area contributed by atoms with E-state index in [4.69, 9.17) is 4.74 Å². The second kappa shape index (κ2) is 6.83. The highest BCUT2D eigenvalue weighted by Crippen LogP contribution is 2.14. The van der Waals surface area contributed by atoms with Crippen molar-refractivity contribution in [1.82, 2.24) is 25.9 Å². The summed E-state index contributed by atoms with van der Waals surface area (Å²) in [5, 5.41) is 16.3. The Hall–Kier alpha value is -2.44. The molecule has 1 heterocycles. The molecule has 0 radical (unpaired) electrons. The fraction of sp³-hybridized carbons (Fsp3) is 0.429. The van der Waals surface area contributed by atoms with Gasteiger partial charge in [0.1, 0.15) is 5.75 Å². The van der Waals surface area contributed by atoms with E-state index < -0.39 is 0 Å². The molecule has 7 heteroatoms. The standard InChI is InChI=1S/C14H19N5O2/c1-9(2)8-21-12-6-4-11(5-7-12)14(20)15-10(3)13-16-18-19-17-13/h4-7,9-10H,8H2,1-3H3,(H,15,20)(H,16,17,18,19). The lowest BCUT2D eigenvalue weighted by Gasteiger charge is -2.11. The van der Waals surface area contributed by atoms with Gasteiger partial charge < -0.3 is 10.1 Å². The van der Waals surface area contributed by atoms with E-state index in [1.807, 2.05) is 0 Å². The number of nitrogens with one attached hydrogen (secondary N) is 2. The molecule has 0 saturated carbocycles. The Labute approximate surface area is 123 Å². The number of H-pyrrole nitrogens is 1. The molecule has 2 rings (SSSR count). The highest BCUT2D eigenvalue weighted by atomic mass is 16.5. The SMILES string of the molecule is CC(C)COc1ccc(C(=O)NC(C)c2nn[nH]n2)cc1. The van der Waals surface area contributed by atoms with Crippen LogP contribution < -0.4 is 10.1 Å². The molecule has 0 saturated heterocycles. The largest absolute Gasteiger partial charge is 0.493 e. The van der Waals surface area contributed by atoms with Crippen LogP contribution in [0.3, 0.4) is 0 Å². The Bertz CT molecular complexity index is 566. The summed E-state index contributed by atoms with van der Waals surface area (Å²) in [7, 11) is 0. The fourth-order valence-corrected chi connectivity index (χ4v) is 1.66. The van der Waals surface area contributed by atoms with Crippen molar-refractivity contribution in [2.24, 2.45) is 5.92 Å². The van der Waals surface area contributed by atoms with E-state index in [0.717, 1.165) is 5.75 Å². The summed E-state index contributed by atoms with van der Waals surface area (Å²) < 4.78 is 5.58. The number of hydrogen-bond acceptors (Lipinski definition) is 5. The van der Waals surface area contributed by atoms with E-state index in [0.29, 0.717) is 23.9 Å². The van der Waals surface area contributed by atoms with Gasteiger partial charge in [-0.25, -0.2) is 0 Å². The Balaban J connectivity index is 1.93. The average molecular weight is 289 g/mol. The number of amides is 1. The second-order valence-electron chi connectivity index (χ2n) is 5.19. The van der Waals surface area contributed by atoms with Gasteiger partial charge in [-0.05, 0) is 37.1 Å². The number of ether oxygens (including phenoxy) is 1. The number of tetrazole rings is 1. The van der Waals surface area contributed by atoms with Crippen LogP contribution in [0.4, 0.5) is 0 Å². The number of aromatic amines is 1. The lowest BCUT2D eigenvalue weighted by atomic mass is 10.2.